The maximum atomic E-state index is 6.43. The second-order valence-electron chi connectivity index (χ2n) is 5.88. The number of benzene rings is 1. The van der Waals surface area contributed by atoms with E-state index < -0.39 is 0 Å². The van der Waals surface area contributed by atoms with E-state index in [1.807, 2.05) is 26.0 Å². The van der Waals surface area contributed by atoms with Gasteiger partial charge >= 0.3 is 0 Å². The summed E-state index contributed by atoms with van der Waals surface area (Å²) in [4.78, 5) is 5.18. The van der Waals surface area contributed by atoms with Gasteiger partial charge in [0, 0.05) is 6.07 Å². The number of hydrogen-bond donors (Lipinski definition) is 0. The van der Waals surface area contributed by atoms with Crippen molar-refractivity contribution in [3.63, 3.8) is 0 Å². The minimum atomic E-state index is 0.452. The first-order chi connectivity index (χ1) is 12.4. The van der Waals surface area contributed by atoms with Crippen molar-refractivity contribution in [2.75, 3.05) is 19.8 Å². The predicted octanol–water partition coefficient (Wildman–Crippen LogP) is 6.87. The van der Waals surface area contributed by atoms with E-state index in [4.69, 9.17) is 25.9 Å². The van der Waals surface area contributed by atoms with E-state index in [2.05, 4.69) is 43.9 Å². The van der Waals surface area contributed by atoms with E-state index >= 15 is 0 Å². The molecule has 1 rings (SSSR count). The van der Waals surface area contributed by atoms with Crippen LogP contribution >= 0.6 is 43.5 Å². The Hall–Kier alpha value is -0.720. The Morgan fingerprint density at radius 3 is 2.54 bits per heavy atom. The molecule has 0 heterocycles. The van der Waals surface area contributed by atoms with Gasteiger partial charge in [-0.25, -0.2) is 0 Å². The SMILES string of the molecule is CCCc1cc(OCC=C(Br)Br)cc(Cl)c1OCCCCON=C(C)C. The second kappa shape index (κ2) is 13.4. The zero-order valence-electron chi connectivity index (χ0n) is 15.5. The highest BCUT2D eigenvalue weighted by Gasteiger charge is 2.11. The minimum Gasteiger partial charge on any atom is -0.492 e. The molecule has 0 saturated carbocycles. The molecule has 0 atom stereocenters. The van der Waals surface area contributed by atoms with E-state index in [0.717, 1.165) is 51.8 Å². The lowest BCUT2D eigenvalue weighted by Gasteiger charge is -2.15. The molecule has 0 radical (unpaired) electrons. The highest BCUT2D eigenvalue weighted by molar-refractivity contribution is 9.28. The van der Waals surface area contributed by atoms with Crippen LogP contribution in [0.1, 0.15) is 45.6 Å². The fourth-order valence-electron chi connectivity index (χ4n) is 2.14. The van der Waals surface area contributed by atoms with Crippen molar-refractivity contribution < 1.29 is 14.3 Å². The quantitative estimate of drug-likeness (QED) is 0.175. The molecule has 0 aliphatic carbocycles. The highest BCUT2D eigenvalue weighted by Crippen LogP contribution is 2.34. The summed E-state index contributed by atoms with van der Waals surface area (Å²) in [7, 11) is 0. The van der Waals surface area contributed by atoms with Crippen LogP contribution in [0.3, 0.4) is 0 Å². The van der Waals surface area contributed by atoms with Gasteiger partial charge < -0.3 is 14.3 Å². The molecule has 0 amide bonds. The monoisotopic (exact) mass is 509 g/mol. The fraction of sp³-hybridized carbons (Fsp3) is 0.526. The van der Waals surface area contributed by atoms with Crippen LogP contribution in [0.4, 0.5) is 0 Å². The third kappa shape index (κ3) is 9.83. The first-order valence-electron chi connectivity index (χ1n) is 8.66. The largest absolute Gasteiger partial charge is 0.492 e. The lowest BCUT2D eigenvalue weighted by Crippen LogP contribution is -2.04. The Morgan fingerprint density at radius 2 is 1.88 bits per heavy atom. The van der Waals surface area contributed by atoms with Crippen molar-refractivity contribution in [1.29, 1.82) is 0 Å². The Bertz CT molecular complexity index is 613. The van der Waals surface area contributed by atoms with Crippen LogP contribution in [-0.2, 0) is 11.3 Å². The van der Waals surface area contributed by atoms with Gasteiger partial charge in [-0.15, -0.1) is 0 Å². The number of aryl methyl sites for hydroxylation is 1. The average Bonchev–Trinajstić information content (AvgIpc) is 2.55. The van der Waals surface area contributed by atoms with Crippen LogP contribution in [0, 0.1) is 0 Å². The zero-order chi connectivity index (χ0) is 19.4. The number of halogens is 3. The molecule has 0 aliphatic heterocycles. The minimum absolute atomic E-state index is 0.452. The molecule has 0 unspecified atom stereocenters. The van der Waals surface area contributed by atoms with Crippen LogP contribution in [0.25, 0.3) is 0 Å². The summed E-state index contributed by atoms with van der Waals surface area (Å²) in [5.74, 6) is 1.49. The van der Waals surface area contributed by atoms with Gasteiger partial charge in [-0.2, -0.15) is 0 Å². The van der Waals surface area contributed by atoms with Crippen LogP contribution < -0.4 is 9.47 Å². The third-order valence-electron chi connectivity index (χ3n) is 3.22. The van der Waals surface area contributed by atoms with Crippen LogP contribution in [0.5, 0.6) is 11.5 Å². The molecule has 0 aromatic heterocycles. The van der Waals surface area contributed by atoms with Crippen molar-refractivity contribution in [2.24, 2.45) is 5.16 Å². The van der Waals surface area contributed by atoms with E-state index in [1.165, 1.54) is 0 Å². The first-order valence-corrected chi connectivity index (χ1v) is 10.6. The maximum Gasteiger partial charge on any atom is 0.141 e. The number of ether oxygens (including phenoxy) is 2. The molecule has 26 heavy (non-hydrogen) atoms. The van der Waals surface area contributed by atoms with Gasteiger partial charge in [0.2, 0.25) is 0 Å². The number of oxime groups is 1. The lowest BCUT2D eigenvalue weighted by atomic mass is 10.1. The molecule has 146 valence electrons. The van der Waals surface area contributed by atoms with Gasteiger partial charge in [-0.3, -0.25) is 0 Å². The van der Waals surface area contributed by atoms with Crippen LogP contribution in [0.2, 0.25) is 5.02 Å². The normalized spacial score (nSPS) is 10.2. The molecule has 0 bridgehead atoms. The molecule has 0 aliphatic rings. The smallest absolute Gasteiger partial charge is 0.141 e. The van der Waals surface area contributed by atoms with Crippen LogP contribution in [0.15, 0.2) is 26.8 Å². The lowest BCUT2D eigenvalue weighted by molar-refractivity contribution is 0.135. The molecule has 0 fully saturated rings. The number of rotatable bonds is 12. The van der Waals surface area contributed by atoms with Gasteiger partial charge in [0.25, 0.3) is 0 Å². The summed E-state index contributed by atoms with van der Waals surface area (Å²) >= 11 is 13.0. The summed E-state index contributed by atoms with van der Waals surface area (Å²) in [6.07, 6.45) is 5.53. The molecule has 1 aromatic carbocycles. The molecule has 0 spiro atoms. The van der Waals surface area contributed by atoms with Gasteiger partial charge in [0.15, 0.2) is 0 Å². The number of unbranched alkanes of at least 4 members (excludes halogenated alkanes) is 1. The number of nitrogens with zero attached hydrogens (tertiary/aromatic N) is 1. The molecule has 0 saturated heterocycles. The molecular formula is C19H26Br2ClNO3. The Labute approximate surface area is 178 Å². The summed E-state index contributed by atoms with van der Waals surface area (Å²) in [6, 6.07) is 3.80. The molecule has 7 heteroatoms. The topological polar surface area (TPSA) is 40.0 Å². The summed E-state index contributed by atoms with van der Waals surface area (Å²) in [5, 5.41) is 4.49. The van der Waals surface area contributed by atoms with Crippen molar-refractivity contribution in [2.45, 2.75) is 46.5 Å². The second-order valence-corrected chi connectivity index (χ2v) is 9.06. The van der Waals surface area contributed by atoms with Crippen LogP contribution in [-0.4, -0.2) is 25.5 Å². The highest BCUT2D eigenvalue weighted by atomic mass is 79.9. The standard InChI is InChI=1S/C19H26Br2ClNO3/c1-4-7-15-12-16(24-11-8-18(20)21)13-17(22)19(15)25-9-5-6-10-26-23-14(2)3/h8,12-13H,4-7,9-11H2,1-3H3. The number of hydrogen-bond acceptors (Lipinski definition) is 4. The first kappa shape index (κ1) is 23.3. The Kier molecular flexibility index (Phi) is 12.1. The molecule has 4 nitrogen and oxygen atoms in total. The van der Waals surface area contributed by atoms with Crippen molar-refractivity contribution in [3.8, 4) is 11.5 Å². The summed E-state index contributed by atoms with van der Waals surface area (Å²) < 4.78 is 12.5. The van der Waals surface area contributed by atoms with Crippen molar-refractivity contribution in [1.82, 2.24) is 0 Å². The molecule has 1 aromatic rings. The summed E-state index contributed by atoms with van der Waals surface area (Å²) in [6.45, 7) is 7.57. The van der Waals surface area contributed by atoms with Gasteiger partial charge in [-0.1, -0.05) is 30.1 Å². The van der Waals surface area contributed by atoms with Gasteiger partial charge in [0.1, 0.15) is 24.7 Å². The zero-order valence-corrected chi connectivity index (χ0v) is 19.4. The van der Waals surface area contributed by atoms with Crippen molar-refractivity contribution >= 4 is 49.2 Å². The molecular weight excluding hydrogens is 485 g/mol. The van der Waals surface area contributed by atoms with Gasteiger partial charge in [-0.05, 0) is 82.7 Å². The third-order valence-corrected chi connectivity index (χ3v) is 4.15. The average molecular weight is 512 g/mol. The Morgan fingerprint density at radius 1 is 1.15 bits per heavy atom. The fourth-order valence-corrected chi connectivity index (χ4v) is 2.69. The van der Waals surface area contributed by atoms with E-state index in [0.29, 0.717) is 24.8 Å². The van der Waals surface area contributed by atoms with E-state index in [1.54, 1.807) is 6.07 Å². The van der Waals surface area contributed by atoms with E-state index in [-0.39, 0.29) is 0 Å². The van der Waals surface area contributed by atoms with Gasteiger partial charge in [0.05, 0.1) is 20.7 Å². The summed E-state index contributed by atoms with van der Waals surface area (Å²) in [5.41, 5.74) is 1.98. The predicted molar refractivity (Wildman–Crippen MR) is 116 cm³/mol. The van der Waals surface area contributed by atoms with E-state index in [9.17, 15) is 0 Å². The molecule has 0 N–H and O–H groups in total. The Balaban J connectivity index is 2.60. The van der Waals surface area contributed by atoms with Crippen molar-refractivity contribution in [3.05, 3.63) is 32.2 Å². The maximum absolute atomic E-state index is 6.43.